The SMILES string of the molecule is CCC[C@H](N)C(=O)Nc1ccc(C)c(C(F)(F)F)c1. The molecule has 3 nitrogen and oxygen atoms in total. The Morgan fingerprint density at radius 2 is 2.05 bits per heavy atom. The van der Waals surface area contributed by atoms with E-state index >= 15 is 0 Å². The van der Waals surface area contributed by atoms with Crippen LogP contribution >= 0.6 is 0 Å². The number of rotatable bonds is 4. The van der Waals surface area contributed by atoms with Gasteiger partial charge in [-0.15, -0.1) is 0 Å². The third kappa shape index (κ3) is 4.24. The fourth-order valence-corrected chi connectivity index (χ4v) is 1.68. The molecule has 0 aromatic heterocycles. The smallest absolute Gasteiger partial charge is 0.325 e. The molecule has 1 rings (SSSR count). The maximum atomic E-state index is 12.7. The lowest BCUT2D eigenvalue weighted by atomic mass is 10.1. The van der Waals surface area contributed by atoms with Crippen LogP contribution < -0.4 is 11.1 Å². The summed E-state index contributed by atoms with van der Waals surface area (Å²) in [5.41, 5.74) is 5.06. The maximum absolute atomic E-state index is 12.7. The Morgan fingerprint density at radius 1 is 1.42 bits per heavy atom. The number of aryl methyl sites for hydroxylation is 1. The van der Waals surface area contributed by atoms with Gasteiger partial charge in [-0.2, -0.15) is 13.2 Å². The highest BCUT2D eigenvalue weighted by Crippen LogP contribution is 2.33. The Labute approximate surface area is 110 Å². The van der Waals surface area contributed by atoms with E-state index in [-0.39, 0.29) is 11.3 Å². The zero-order chi connectivity index (χ0) is 14.6. The molecule has 0 aliphatic heterocycles. The molecule has 0 saturated heterocycles. The number of hydrogen-bond donors (Lipinski definition) is 2. The van der Waals surface area contributed by atoms with E-state index in [1.54, 1.807) is 0 Å². The number of benzene rings is 1. The molecule has 0 spiro atoms. The molecule has 0 bridgehead atoms. The number of amides is 1. The summed E-state index contributed by atoms with van der Waals surface area (Å²) in [4.78, 5) is 11.6. The molecule has 0 heterocycles. The quantitative estimate of drug-likeness (QED) is 0.886. The lowest BCUT2D eigenvalue weighted by Crippen LogP contribution is -2.35. The molecule has 1 amide bonds. The van der Waals surface area contributed by atoms with Gasteiger partial charge in [-0.1, -0.05) is 19.4 Å². The van der Waals surface area contributed by atoms with Crippen LogP contribution in [0.15, 0.2) is 18.2 Å². The van der Waals surface area contributed by atoms with Gasteiger partial charge in [0.1, 0.15) is 0 Å². The van der Waals surface area contributed by atoms with Crippen LogP contribution in [0.3, 0.4) is 0 Å². The van der Waals surface area contributed by atoms with Crippen molar-refractivity contribution in [3.63, 3.8) is 0 Å². The second kappa shape index (κ2) is 6.06. The molecule has 3 N–H and O–H groups in total. The molecule has 1 aromatic carbocycles. The van der Waals surface area contributed by atoms with Crippen LogP contribution in [-0.2, 0) is 11.0 Å². The molecule has 1 aromatic rings. The molecule has 6 heteroatoms. The van der Waals surface area contributed by atoms with E-state index in [1.807, 2.05) is 6.92 Å². The van der Waals surface area contributed by atoms with Crippen molar-refractivity contribution in [2.45, 2.75) is 38.9 Å². The van der Waals surface area contributed by atoms with Crippen molar-refractivity contribution in [2.75, 3.05) is 5.32 Å². The highest BCUT2D eigenvalue weighted by molar-refractivity contribution is 5.94. The lowest BCUT2D eigenvalue weighted by molar-refractivity contribution is -0.138. The average molecular weight is 274 g/mol. The summed E-state index contributed by atoms with van der Waals surface area (Å²) in [7, 11) is 0. The Kier molecular flexibility index (Phi) is 4.94. The third-order valence-electron chi connectivity index (χ3n) is 2.75. The van der Waals surface area contributed by atoms with Crippen molar-refractivity contribution in [1.82, 2.24) is 0 Å². The fraction of sp³-hybridized carbons (Fsp3) is 0.462. The Morgan fingerprint density at radius 3 is 2.58 bits per heavy atom. The minimum atomic E-state index is -4.43. The van der Waals surface area contributed by atoms with Gasteiger partial charge < -0.3 is 11.1 Å². The van der Waals surface area contributed by atoms with E-state index in [2.05, 4.69) is 5.32 Å². The lowest BCUT2D eigenvalue weighted by Gasteiger charge is -2.14. The van der Waals surface area contributed by atoms with Crippen molar-refractivity contribution < 1.29 is 18.0 Å². The normalized spacial score (nSPS) is 13.2. The first-order chi connectivity index (χ1) is 8.75. The number of anilines is 1. The molecule has 1 atom stereocenters. The van der Waals surface area contributed by atoms with Gasteiger partial charge in [0.15, 0.2) is 0 Å². The minimum Gasteiger partial charge on any atom is -0.325 e. The second-order valence-corrected chi connectivity index (χ2v) is 4.41. The largest absolute Gasteiger partial charge is 0.416 e. The predicted molar refractivity (Wildman–Crippen MR) is 67.7 cm³/mol. The van der Waals surface area contributed by atoms with E-state index in [0.29, 0.717) is 6.42 Å². The van der Waals surface area contributed by atoms with Crippen LogP contribution in [0.25, 0.3) is 0 Å². The summed E-state index contributed by atoms with van der Waals surface area (Å²) in [5, 5.41) is 2.40. The number of carbonyl (C=O) groups is 1. The van der Waals surface area contributed by atoms with Gasteiger partial charge in [0.25, 0.3) is 0 Å². The summed E-state index contributed by atoms with van der Waals surface area (Å²) < 4.78 is 38.1. The number of carbonyl (C=O) groups excluding carboxylic acids is 1. The van der Waals surface area contributed by atoms with E-state index < -0.39 is 23.7 Å². The summed E-state index contributed by atoms with van der Waals surface area (Å²) >= 11 is 0. The standard InChI is InChI=1S/C13H17F3N2O/c1-3-4-11(17)12(19)18-9-6-5-8(2)10(7-9)13(14,15)16/h5-7,11H,3-4,17H2,1-2H3,(H,18,19)/t11-/m0/s1. The first-order valence-electron chi connectivity index (χ1n) is 6.00. The van der Waals surface area contributed by atoms with Gasteiger partial charge in [0, 0.05) is 5.69 Å². The van der Waals surface area contributed by atoms with Gasteiger partial charge in [-0.3, -0.25) is 4.79 Å². The van der Waals surface area contributed by atoms with Crippen molar-refractivity contribution in [2.24, 2.45) is 5.73 Å². The monoisotopic (exact) mass is 274 g/mol. The Balaban J connectivity index is 2.89. The van der Waals surface area contributed by atoms with Crippen LogP contribution in [0.5, 0.6) is 0 Å². The van der Waals surface area contributed by atoms with Crippen LogP contribution in [0.2, 0.25) is 0 Å². The number of halogens is 3. The van der Waals surface area contributed by atoms with E-state index in [1.165, 1.54) is 19.1 Å². The third-order valence-corrected chi connectivity index (χ3v) is 2.75. The van der Waals surface area contributed by atoms with Crippen LogP contribution in [0, 0.1) is 6.92 Å². The topological polar surface area (TPSA) is 55.1 Å². The van der Waals surface area contributed by atoms with Gasteiger partial charge in [-0.05, 0) is 31.0 Å². The molecule has 0 fully saturated rings. The summed E-state index contributed by atoms with van der Waals surface area (Å²) in [5.74, 6) is -0.473. The zero-order valence-electron chi connectivity index (χ0n) is 10.8. The summed E-state index contributed by atoms with van der Waals surface area (Å²) in [6.07, 6.45) is -3.21. The maximum Gasteiger partial charge on any atom is 0.416 e. The minimum absolute atomic E-state index is 0.106. The van der Waals surface area contributed by atoms with Crippen LogP contribution in [-0.4, -0.2) is 11.9 Å². The highest BCUT2D eigenvalue weighted by atomic mass is 19.4. The fourth-order valence-electron chi connectivity index (χ4n) is 1.68. The summed E-state index contributed by atoms with van der Waals surface area (Å²) in [6, 6.07) is 2.97. The van der Waals surface area contributed by atoms with Gasteiger partial charge >= 0.3 is 6.18 Å². The second-order valence-electron chi connectivity index (χ2n) is 4.41. The van der Waals surface area contributed by atoms with Gasteiger partial charge in [-0.25, -0.2) is 0 Å². The summed E-state index contributed by atoms with van der Waals surface area (Å²) in [6.45, 7) is 3.25. The molecule has 0 aliphatic rings. The zero-order valence-corrected chi connectivity index (χ0v) is 10.8. The molecule has 0 radical (unpaired) electrons. The number of nitrogens with one attached hydrogen (secondary N) is 1. The molecule has 106 valence electrons. The predicted octanol–water partition coefficient (Wildman–Crippen LogP) is 3.08. The molecule has 0 saturated carbocycles. The first kappa shape index (κ1) is 15.5. The van der Waals surface area contributed by atoms with Gasteiger partial charge in [0.2, 0.25) is 5.91 Å². The van der Waals surface area contributed by atoms with E-state index in [9.17, 15) is 18.0 Å². The highest BCUT2D eigenvalue weighted by Gasteiger charge is 2.32. The average Bonchev–Trinajstić information content (AvgIpc) is 2.30. The van der Waals surface area contributed by atoms with E-state index in [0.717, 1.165) is 12.5 Å². The number of nitrogens with two attached hydrogens (primary N) is 1. The number of alkyl halides is 3. The van der Waals surface area contributed by atoms with Crippen molar-refractivity contribution in [3.8, 4) is 0 Å². The van der Waals surface area contributed by atoms with Crippen molar-refractivity contribution >= 4 is 11.6 Å². The molecular formula is C13H17F3N2O. The molecular weight excluding hydrogens is 257 g/mol. The Bertz CT molecular complexity index is 458. The molecule has 0 aliphatic carbocycles. The van der Waals surface area contributed by atoms with Gasteiger partial charge in [0.05, 0.1) is 11.6 Å². The molecule has 19 heavy (non-hydrogen) atoms. The Hall–Kier alpha value is -1.56. The van der Waals surface area contributed by atoms with Crippen LogP contribution in [0.1, 0.15) is 30.9 Å². The first-order valence-corrected chi connectivity index (χ1v) is 6.00. The number of hydrogen-bond acceptors (Lipinski definition) is 2. The molecule has 0 unspecified atom stereocenters. The van der Waals surface area contributed by atoms with Crippen molar-refractivity contribution in [3.05, 3.63) is 29.3 Å². The van der Waals surface area contributed by atoms with Crippen molar-refractivity contribution in [1.29, 1.82) is 0 Å². The van der Waals surface area contributed by atoms with E-state index in [4.69, 9.17) is 5.73 Å². The van der Waals surface area contributed by atoms with Crippen LogP contribution in [0.4, 0.5) is 18.9 Å².